The van der Waals surface area contributed by atoms with Crippen molar-refractivity contribution in [2.24, 2.45) is 4.99 Å². The van der Waals surface area contributed by atoms with E-state index in [1.807, 2.05) is 20.8 Å². The number of aliphatic imine (C=N–C) groups is 1. The molecule has 118 valence electrons. The van der Waals surface area contributed by atoms with Crippen molar-refractivity contribution in [2.45, 2.75) is 45.8 Å². The first-order valence-corrected chi connectivity index (χ1v) is 9.12. The number of hydrogen-bond donors (Lipinski definition) is 2. The quantitative estimate of drug-likeness (QED) is 0.408. The van der Waals surface area contributed by atoms with Crippen LogP contribution in [0.15, 0.2) is 4.99 Å². The van der Waals surface area contributed by atoms with Gasteiger partial charge in [0.15, 0.2) is 15.8 Å². The van der Waals surface area contributed by atoms with Crippen LogP contribution in [0.4, 0.5) is 0 Å². The highest BCUT2D eigenvalue weighted by molar-refractivity contribution is 7.91. The molecule has 1 fully saturated rings. The molecule has 1 aliphatic rings. The lowest BCUT2D eigenvalue weighted by molar-refractivity contribution is 0.0782. The summed E-state index contributed by atoms with van der Waals surface area (Å²) in [6.45, 7) is 8.13. The molecule has 6 nitrogen and oxygen atoms in total. The first-order chi connectivity index (χ1) is 9.43. The van der Waals surface area contributed by atoms with Gasteiger partial charge < -0.3 is 15.4 Å². The van der Waals surface area contributed by atoms with Gasteiger partial charge in [0, 0.05) is 25.7 Å². The first-order valence-electron chi connectivity index (χ1n) is 7.30. The van der Waals surface area contributed by atoms with E-state index in [4.69, 9.17) is 4.74 Å². The zero-order chi connectivity index (χ0) is 15.0. The minimum absolute atomic E-state index is 0.0234. The maximum atomic E-state index is 11.4. The van der Waals surface area contributed by atoms with E-state index in [2.05, 4.69) is 15.6 Å². The Balaban J connectivity index is 2.35. The van der Waals surface area contributed by atoms with E-state index in [9.17, 15) is 8.42 Å². The molecule has 0 saturated carbocycles. The van der Waals surface area contributed by atoms with Crippen LogP contribution in [0, 0.1) is 0 Å². The highest BCUT2D eigenvalue weighted by atomic mass is 32.2. The zero-order valence-corrected chi connectivity index (χ0v) is 13.5. The molecule has 1 heterocycles. The largest absolute Gasteiger partial charge is 0.379 e. The van der Waals surface area contributed by atoms with E-state index in [-0.39, 0.29) is 23.7 Å². The van der Waals surface area contributed by atoms with E-state index >= 15 is 0 Å². The van der Waals surface area contributed by atoms with Crippen molar-refractivity contribution in [3.8, 4) is 0 Å². The van der Waals surface area contributed by atoms with Gasteiger partial charge in [-0.2, -0.15) is 0 Å². The molecule has 1 rings (SSSR count). The van der Waals surface area contributed by atoms with E-state index in [1.165, 1.54) is 0 Å². The monoisotopic (exact) mass is 305 g/mol. The van der Waals surface area contributed by atoms with Crippen molar-refractivity contribution in [3.63, 3.8) is 0 Å². The molecule has 7 heteroatoms. The van der Waals surface area contributed by atoms with Crippen molar-refractivity contribution < 1.29 is 13.2 Å². The molecule has 0 aromatic rings. The highest BCUT2D eigenvalue weighted by Crippen LogP contribution is 2.10. The fourth-order valence-corrected chi connectivity index (χ4v) is 3.67. The third-order valence-corrected chi connectivity index (χ3v) is 4.71. The molecular formula is C13H27N3O3S. The normalized spacial score (nSPS) is 22.2. The van der Waals surface area contributed by atoms with Crippen molar-refractivity contribution in [3.05, 3.63) is 0 Å². The lowest BCUT2D eigenvalue weighted by atomic mass is 10.3. The second-order valence-corrected chi connectivity index (χ2v) is 7.51. The van der Waals surface area contributed by atoms with Crippen LogP contribution in [0.2, 0.25) is 0 Å². The maximum Gasteiger partial charge on any atom is 0.191 e. The molecule has 1 unspecified atom stereocenters. The minimum Gasteiger partial charge on any atom is -0.379 e. The predicted octanol–water partition coefficient (Wildman–Crippen LogP) is 0.544. The Bertz CT molecular complexity index is 407. The Kier molecular flexibility index (Phi) is 7.29. The topological polar surface area (TPSA) is 79.8 Å². The van der Waals surface area contributed by atoms with E-state index in [0.29, 0.717) is 25.5 Å². The van der Waals surface area contributed by atoms with Crippen LogP contribution in [0.25, 0.3) is 0 Å². The highest BCUT2D eigenvalue weighted by Gasteiger charge is 2.28. The number of nitrogens with one attached hydrogen (secondary N) is 2. The SMILES string of the molecule is CCNC(=NCCCOC(C)C)NC1CCS(=O)(=O)C1. The summed E-state index contributed by atoms with van der Waals surface area (Å²) in [6, 6.07) is -0.0234. The van der Waals surface area contributed by atoms with Crippen molar-refractivity contribution in [1.29, 1.82) is 0 Å². The summed E-state index contributed by atoms with van der Waals surface area (Å²) in [7, 11) is -2.86. The van der Waals surface area contributed by atoms with Crippen LogP contribution in [-0.2, 0) is 14.6 Å². The summed E-state index contributed by atoms with van der Waals surface area (Å²) >= 11 is 0. The van der Waals surface area contributed by atoms with Crippen molar-refractivity contribution in [1.82, 2.24) is 10.6 Å². The van der Waals surface area contributed by atoms with Gasteiger partial charge in [0.05, 0.1) is 17.6 Å². The van der Waals surface area contributed by atoms with E-state index < -0.39 is 9.84 Å². The number of guanidine groups is 1. The van der Waals surface area contributed by atoms with Gasteiger partial charge in [-0.15, -0.1) is 0 Å². The van der Waals surface area contributed by atoms with Crippen LogP contribution in [0.1, 0.15) is 33.6 Å². The van der Waals surface area contributed by atoms with Crippen LogP contribution in [0.5, 0.6) is 0 Å². The summed E-state index contributed by atoms with van der Waals surface area (Å²) < 4.78 is 28.3. The molecule has 0 amide bonds. The number of nitrogens with zero attached hydrogens (tertiary/aromatic N) is 1. The summed E-state index contributed by atoms with van der Waals surface area (Å²) in [5.74, 6) is 1.17. The standard InChI is InChI=1S/C13H27N3O3S/c1-4-14-13(15-7-5-8-19-11(2)3)16-12-6-9-20(17,18)10-12/h11-12H,4-10H2,1-3H3,(H2,14,15,16). The average molecular weight is 305 g/mol. The van der Waals surface area contributed by atoms with E-state index in [0.717, 1.165) is 13.0 Å². The van der Waals surface area contributed by atoms with Gasteiger partial charge in [-0.25, -0.2) is 8.42 Å². The summed E-state index contributed by atoms with van der Waals surface area (Å²) in [6.07, 6.45) is 1.76. The lowest BCUT2D eigenvalue weighted by Crippen LogP contribution is -2.44. The maximum absolute atomic E-state index is 11.4. The molecule has 0 spiro atoms. The van der Waals surface area contributed by atoms with Gasteiger partial charge in [0.1, 0.15) is 0 Å². The lowest BCUT2D eigenvalue weighted by Gasteiger charge is -2.15. The van der Waals surface area contributed by atoms with Crippen molar-refractivity contribution in [2.75, 3.05) is 31.2 Å². The first kappa shape index (κ1) is 17.2. The zero-order valence-electron chi connectivity index (χ0n) is 12.7. The molecule has 0 radical (unpaired) electrons. The van der Waals surface area contributed by atoms with Gasteiger partial charge in [0.25, 0.3) is 0 Å². The van der Waals surface area contributed by atoms with Gasteiger partial charge in [-0.1, -0.05) is 0 Å². The number of hydrogen-bond acceptors (Lipinski definition) is 4. The number of rotatable bonds is 7. The van der Waals surface area contributed by atoms with Gasteiger partial charge >= 0.3 is 0 Å². The fourth-order valence-electron chi connectivity index (χ4n) is 2.00. The fraction of sp³-hybridized carbons (Fsp3) is 0.923. The van der Waals surface area contributed by atoms with Gasteiger partial charge in [0.2, 0.25) is 0 Å². The van der Waals surface area contributed by atoms with E-state index in [1.54, 1.807) is 0 Å². The molecule has 0 aromatic heterocycles. The summed E-state index contributed by atoms with van der Waals surface area (Å²) in [4.78, 5) is 4.44. The molecule has 1 saturated heterocycles. The molecule has 1 aliphatic heterocycles. The Morgan fingerprint density at radius 2 is 2.20 bits per heavy atom. The third-order valence-electron chi connectivity index (χ3n) is 2.94. The van der Waals surface area contributed by atoms with Gasteiger partial charge in [-0.05, 0) is 33.6 Å². The Morgan fingerprint density at radius 3 is 2.75 bits per heavy atom. The molecule has 0 aromatic carbocycles. The van der Waals surface area contributed by atoms with Crippen LogP contribution in [0.3, 0.4) is 0 Å². The summed E-state index contributed by atoms with van der Waals surface area (Å²) in [5, 5.41) is 6.33. The second kappa shape index (κ2) is 8.46. The Labute approximate surface area is 122 Å². The molecule has 0 bridgehead atoms. The average Bonchev–Trinajstić information content (AvgIpc) is 2.68. The van der Waals surface area contributed by atoms with Gasteiger partial charge in [-0.3, -0.25) is 4.99 Å². The third kappa shape index (κ3) is 7.09. The molecule has 20 heavy (non-hydrogen) atoms. The van der Waals surface area contributed by atoms with Crippen LogP contribution in [-0.4, -0.2) is 57.7 Å². The summed E-state index contributed by atoms with van der Waals surface area (Å²) in [5.41, 5.74) is 0. The Hall–Kier alpha value is -0.820. The smallest absolute Gasteiger partial charge is 0.191 e. The molecule has 0 aliphatic carbocycles. The van der Waals surface area contributed by atoms with Crippen molar-refractivity contribution >= 4 is 15.8 Å². The predicted molar refractivity (Wildman–Crippen MR) is 81.9 cm³/mol. The second-order valence-electron chi connectivity index (χ2n) is 5.28. The molecule has 1 atom stereocenters. The molecular weight excluding hydrogens is 278 g/mol. The number of sulfone groups is 1. The number of ether oxygens (including phenoxy) is 1. The minimum atomic E-state index is -2.86. The Morgan fingerprint density at radius 1 is 1.45 bits per heavy atom. The van der Waals surface area contributed by atoms with Crippen LogP contribution >= 0.6 is 0 Å². The van der Waals surface area contributed by atoms with Crippen LogP contribution < -0.4 is 10.6 Å². The molecule has 2 N–H and O–H groups in total.